The van der Waals surface area contributed by atoms with Crippen molar-refractivity contribution >= 4 is 23.2 Å². The van der Waals surface area contributed by atoms with Crippen LogP contribution in [0.2, 0.25) is 0 Å². The molecule has 3 rings (SSSR count). The van der Waals surface area contributed by atoms with Crippen molar-refractivity contribution in [3.63, 3.8) is 0 Å². The first-order valence-corrected chi connectivity index (χ1v) is 9.68. The molecule has 2 aromatic rings. The molecule has 2 aromatic carbocycles. The third-order valence-corrected chi connectivity index (χ3v) is 5.39. The molecule has 1 aliphatic rings. The average Bonchev–Trinajstić information content (AvgIpc) is 2.87. The molecule has 0 aromatic heterocycles. The standard InChI is InChI=1S/C22H24N2S/c1-3-24(4-2)22-21(25-20-13-9-6-10-14-20)17-19(15-16-23-22)18-11-7-5-8-12-18/h5-17,21H,3-4H2,1-2H3/t21-/m1/s1. The quantitative estimate of drug-likeness (QED) is 0.709. The van der Waals surface area contributed by atoms with Crippen molar-refractivity contribution in [2.75, 3.05) is 13.1 Å². The summed E-state index contributed by atoms with van der Waals surface area (Å²) in [6.07, 6.45) is 6.40. The van der Waals surface area contributed by atoms with E-state index in [2.05, 4.69) is 91.6 Å². The Bertz CT molecular complexity index is 759. The van der Waals surface area contributed by atoms with Gasteiger partial charge in [-0.1, -0.05) is 54.6 Å². The Morgan fingerprint density at radius 2 is 1.56 bits per heavy atom. The fraction of sp³-hybridized carbons (Fsp3) is 0.227. The molecule has 0 spiro atoms. The minimum absolute atomic E-state index is 0.188. The molecule has 3 heteroatoms. The maximum absolute atomic E-state index is 4.81. The van der Waals surface area contributed by atoms with Crippen molar-refractivity contribution in [1.29, 1.82) is 0 Å². The van der Waals surface area contributed by atoms with Gasteiger partial charge in [-0.15, -0.1) is 11.8 Å². The number of nitrogens with zero attached hydrogens (tertiary/aromatic N) is 2. The van der Waals surface area contributed by atoms with Gasteiger partial charge in [-0.25, -0.2) is 4.99 Å². The van der Waals surface area contributed by atoms with Gasteiger partial charge in [-0.3, -0.25) is 0 Å². The van der Waals surface area contributed by atoms with Gasteiger partial charge in [0.1, 0.15) is 5.84 Å². The maximum atomic E-state index is 4.81. The highest BCUT2D eigenvalue weighted by atomic mass is 32.2. The summed E-state index contributed by atoms with van der Waals surface area (Å²) in [5.41, 5.74) is 2.45. The summed E-state index contributed by atoms with van der Waals surface area (Å²) in [4.78, 5) is 8.41. The Morgan fingerprint density at radius 1 is 0.920 bits per heavy atom. The summed E-state index contributed by atoms with van der Waals surface area (Å²) in [7, 11) is 0. The molecule has 2 nitrogen and oxygen atoms in total. The van der Waals surface area contributed by atoms with Gasteiger partial charge < -0.3 is 4.90 Å². The Labute approximate surface area is 155 Å². The molecule has 0 N–H and O–H groups in total. The monoisotopic (exact) mass is 348 g/mol. The minimum atomic E-state index is 0.188. The minimum Gasteiger partial charge on any atom is -0.359 e. The molecule has 128 valence electrons. The van der Waals surface area contributed by atoms with Crippen LogP contribution in [0.4, 0.5) is 0 Å². The summed E-state index contributed by atoms with van der Waals surface area (Å²) in [5.74, 6) is 1.13. The highest BCUT2D eigenvalue weighted by Crippen LogP contribution is 2.30. The highest BCUT2D eigenvalue weighted by molar-refractivity contribution is 8.00. The first-order valence-electron chi connectivity index (χ1n) is 8.80. The molecule has 1 aliphatic heterocycles. The molecule has 0 saturated heterocycles. The number of hydrogen-bond acceptors (Lipinski definition) is 3. The molecule has 0 saturated carbocycles. The lowest BCUT2D eigenvalue weighted by molar-refractivity contribution is 0.460. The largest absolute Gasteiger partial charge is 0.359 e. The number of allylic oxidation sites excluding steroid dienone is 2. The molecule has 1 atom stereocenters. The molecule has 25 heavy (non-hydrogen) atoms. The predicted molar refractivity (Wildman–Crippen MR) is 110 cm³/mol. The van der Waals surface area contributed by atoms with Crippen molar-refractivity contribution < 1.29 is 0 Å². The van der Waals surface area contributed by atoms with Crippen LogP contribution in [0.15, 0.2) is 88.9 Å². The van der Waals surface area contributed by atoms with Crippen molar-refractivity contribution in [2.24, 2.45) is 4.99 Å². The lowest BCUT2D eigenvalue weighted by Gasteiger charge is -2.27. The van der Waals surface area contributed by atoms with Gasteiger partial charge in [0.15, 0.2) is 0 Å². The van der Waals surface area contributed by atoms with Gasteiger partial charge in [0.25, 0.3) is 0 Å². The third kappa shape index (κ3) is 4.43. The van der Waals surface area contributed by atoms with Crippen molar-refractivity contribution in [1.82, 2.24) is 4.90 Å². The maximum Gasteiger partial charge on any atom is 0.122 e. The van der Waals surface area contributed by atoms with E-state index in [0.717, 1.165) is 18.9 Å². The van der Waals surface area contributed by atoms with Crippen molar-refractivity contribution in [3.8, 4) is 0 Å². The van der Waals surface area contributed by atoms with E-state index in [4.69, 9.17) is 4.99 Å². The number of amidine groups is 1. The predicted octanol–water partition coefficient (Wildman–Crippen LogP) is 5.50. The number of aliphatic imine (C=N–C) groups is 1. The first kappa shape index (κ1) is 17.6. The van der Waals surface area contributed by atoms with Crippen LogP contribution < -0.4 is 0 Å². The number of thioether (sulfide) groups is 1. The Balaban J connectivity index is 1.98. The Morgan fingerprint density at radius 3 is 2.20 bits per heavy atom. The Hall–Kier alpha value is -2.26. The molecular formula is C22H24N2S. The summed E-state index contributed by atoms with van der Waals surface area (Å²) >= 11 is 1.85. The van der Waals surface area contributed by atoms with Crippen LogP contribution in [0.1, 0.15) is 19.4 Å². The van der Waals surface area contributed by atoms with E-state index in [9.17, 15) is 0 Å². The van der Waals surface area contributed by atoms with Gasteiger partial charge in [-0.05, 0) is 43.2 Å². The van der Waals surface area contributed by atoms with Gasteiger partial charge in [0.05, 0.1) is 5.25 Å². The molecule has 0 bridgehead atoms. The van der Waals surface area contributed by atoms with Crippen LogP contribution in [0, 0.1) is 0 Å². The zero-order valence-corrected chi connectivity index (χ0v) is 15.6. The third-order valence-electron chi connectivity index (χ3n) is 4.25. The van der Waals surface area contributed by atoms with Crippen molar-refractivity contribution in [2.45, 2.75) is 24.0 Å². The molecule has 0 radical (unpaired) electrons. The van der Waals surface area contributed by atoms with Gasteiger partial charge in [0, 0.05) is 24.2 Å². The molecule has 1 heterocycles. The fourth-order valence-electron chi connectivity index (χ4n) is 2.93. The lowest BCUT2D eigenvalue weighted by atomic mass is 10.0. The average molecular weight is 349 g/mol. The lowest BCUT2D eigenvalue weighted by Crippen LogP contribution is -2.36. The van der Waals surface area contributed by atoms with Crippen LogP contribution in [0.5, 0.6) is 0 Å². The second kappa shape index (κ2) is 8.72. The van der Waals surface area contributed by atoms with Crippen LogP contribution >= 0.6 is 11.8 Å². The summed E-state index contributed by atoms with van der Waals surface area (Å²) < 4.78 is 0. The second-order valence-corrected chi connectivity index (χ2v) is 7.03. The van der Waals surface area contributed by atoms with E-state index in [1.165, 1.54) is 16.0 Å². The topological polar surface area (TPSA) is 15.6 Å². The number of rotatable bonds is 5. The molecule has 0 fully saturated rings. The van der Waals surface area contributed by atoms with Crippen LogP contribution in [-0.4, -0.2) is 29.1 Å². The van der Waals surface area contributed by atoms with E-state index in [1.54, 1.807) is 0 Å². The fourth-order valence-corrected chi connectivity index (χ4v) is 4.06. The van der Waals surface area contributed by atoms with E-state index in [0.29, 0.717) is 0 Å². The van der Waals surface area contributed by atoms with Gasteiger partial charge >= 0.3 is 0 Å². The normalized spacial score (nSPS) is 16.8. The SMILES string of the molecule is CCN(CC)C1=NC=CC(c2ccccc2)=C[C@H]1Sc1ccccc1. The molecule has 0 aliphatic carbocycles. The smallest absolute Gasteiger partial charge is 0.122 e. The number of benzene rings is 2. The first-order chi connectivity index (χ1) is 12.3. The molecular weight excluding hydrogens is 324 g/mol. The second-order valence-electron chi connectivity index (χ2n) is 5.81. The van der Waals surface area contributed by atoms with E-state index in [-0.39, 0.29) is 5.25 Å². The van der Waals surface area contributed by atoms with E-state index < -0.39 is 0 Å². The van der Waals surface area contributed by atoms with Gasteiger partial charge in [-0.2, -0.15) is 0 Å². The number of hydrogen-bond donors (Lipinski definition) is 0. The van der Waals surface area contributed by atoms with Crippen LogP contribution in [-0.2, 0) is 0 Å². The van der Waals surface area contributed by atoms with Crippen LogP contribution in [0.3, 0.4) is 0 Å². The van der Waals surface area contributed by atoms with E-state index in [1.807, 2.05) is 18.0 Å². The zero-order valence-electron chi connectivity index (χ0n) is 14.8. The summed E-state index contributed by atoms with van der Waals surface area (Å²) in [5, 5.41) is 0.188. The molecule has 0 amide bonds. The Kier molecular flexibility index (Phi) is 6.13. The van der Waals surface area contributed by atoms with E-state index >= 15 is 0 Å². The van der Waals surface area contributed by atoms with Gasteiger partial charge in [0.2, 0.25) is 0 Å². The van der Waals surface area contributed by atoms with Crippen molar-refractivity contribution in [3.05, 3.63) is 84.6 Å². The van der Waals surface area contributed by atoms with Crippen LogP contribution in [0.25, 0.3) is 5.57 Å². The summed E-state index contributed by atoms with van der Waals surface area (Å²) in [6.45, 7) is 6.30. The highest BCUT2D eigenvalue weighted by Gasteiger charge is 2.21. The molecule has 0 unspecified atom stereocenters. The summed E-state index contributed by atoms with van der Waals surface area (Å²) in [6, 6.07) is 21.1. The zero-order chi connectivity index (χ0) is 17.5.